The van der Waals surface area contributed by atoms with Gasteiger partial charge >= 0.3 is 0 Å². The summed E-state index contributed by atoms with van der Waals surface area (Å²) in [6.07, 6.45) is 5.00. The zero-order valence-electron chi connectivity index (χ0n) is 19.9. The number of pyridine rings is 1. The molecule has 0 aliphatic rings. The topological polar surface area (TPSA) is 129 Å². The molecule has 4 rings (SSSR count). The van der Waals surface area contributed by atoms with E-state index in [2.05, 4.69) is 10.1 Å². The molecule has 0 unspecified atom stereocenters. The largest absolute Gasteiger partial charge is 0.410 e. The number of halogens is 1. The van der Waals surface area contributed by atoms with Gasteiger partial charge in [-0.25, -0.2) is 9.37 Å². The second kappa shape index (κ2) is 9.96. The zero-order chi connectivity index (χ0) is 26.0. The summed E-state index contributed by atoms with van der Waals surface area (Å²) >= 11 is 0. The monoisotopic (exact) mass is 488 g/mol. The summed E-state index contributed by atoms with van der Waals surface area (Å²) in [7, 11) is 0. The molecule has 0 aliphatic carbocycles. The van der Waals surface area contributed by atoms with E-state index in [4.69, 9.17) is 5.41 Å². The normalized spacial score (nSPS) is 12.4. The molecule has 2 aromatic carbocycles. The van der Waals surface area contributed by atoms with Crippen molar-refractivity contribution in [2.75, 3.05) is 0 Å². The van der Waals surface area contributed by atoms with E-state index in [0.717, 1.165) is 16.9 Å². The van der Waals surface area contributed by atoms with E-state index >= 15 is 0 Å². The number of aromatic nitrogens is 3. The number of hydrogen-bond acceptors (Lipinski definition) is 6. The van der Waals surface area contributed by atoms with Crippen LogP contribution in [-0.2, 0) is 0 Å². The third kappa shape index (κ3) is 4.66. The summed E-state index contributed by atoms with van der Waals surface area (Å²) in [6, 6.07) is 11.9. The number of oxime groups is 1. The summed E-state index contributed by atoms with van der Waals surface area (Å²) in [5.41, 5.74) is 5.24. The average molecular weight is 489 g/mol. The minimum atomic E-state index is -0.545. The Morgan fingerprint density at radius 3 is 2.42 bits per heavy atom. The SMILES string of the molecule is Cc1cn(-c2ccc(/C(=N\O)c3cc(C(=N)NO)cn([C@@H](C)c4ccc(F)cc4)c3=O)cc2C)cn1. The lowest BCUT2D eigenvalue weighted by Crippen LogP contribution is -2.32. The van der Waals surface area contributed by atoms with Crippen LogP contribution in [0.3, 0.4) is 0 Å². The smallest absolute Gasteiger partial charge is 0.260 e. The third-order valence-corrected chi connectivity index (χ3v) is 6.03. The highest BCUT2D eigenvalue weighted by atomic mass is 19.1. The third-order valence-electron chi connectivity index (χ3n) is 6.03. The highest BCUT2D eigenvalue weighted by molar-refractivity contribution is 6.13. The molecule has 10 heteroatoms. The molecule has 4 N–H and O–H groups in total. The zero-order valence-corrected chi connectivity index (χ0v) is 19.9. The van der Waals surface area contributed by atoms with Crippen molar-refractivity contribution >= 4 is 11.5 Å². The van der Waals surface area contributed by atoms with Crippen molar-refractivity contribution in [1.82, 2.24) is 19.6 Å². The molecule has 0 saturated heterocycles. The van der Waals surface area contributed by atoms with Crippen LogP contribution < -0.4 is 11.0 Å². The van der Waals surface area contributed by atoms with Gasteiger partial charge in [0.25, 0.3) is 5.56 Å². The quantitative estimate of drug-likeness (QED) is 0.141. The maximum absolute atomic E-state index is 13.6. The van der Waals surface area contributed by atoms with Gasteiger partial charge in [0.1, 0.15) is 11.5 Å². The number of imidazole rings is 1. The molecule has 0 aliphatic heterocycles. The first-order valence-corrected chi connectivity index (χ1v) is 11.1. The number of aryl methyl sites for hydroxylation is 2. The van der Waals surface area contributed by atoms with Gasteiger partial charge in [-0.15, -0.1) is 0 Å². The predicted molar refractivity (Wildman–Crippen MR) is 133 cm³/mol. The number of amidine groups is 1. The van der Waals surface area contributed by atoms with E-state index in [1.807, 2.05) is 30.7 Å². The maximum atomic E-state index is 13.6. The van der Waals surface area contributed by atoms with Crippen LogP contribution in [0.4, 0.5) is 4.39 Å². The van der Waals surface area contributed by atoms with E-state index in [1.165, 1.54) is 29.0 Å². The van der Waals surface area contributed by atoms with Gasteiger partial charge in [-0.3, -0.25) is 20.9 Å². The maximum Gasteiger partial charge on any atom is 0.260 e. The van der Waals surface area contributed by atoms with Crippen molar-refractivity contribution in [3.63, 3.8) is 0 Å². The first-order chi connectivity index (χ1) is 17.2. The number of nitrogens with one attached hydrogen (secondary N) is 2. The van der Waals surface area contributed by atoms with Crippen LogP contribution >= 0.6 is 0 Å². The fourth-order valence-electron chi connectivity index (χ4n) is 4.08. The van der Waals surface area contributed by atoms with Gasteiger partial charge in [-0.2, -0.15) is 0 Å². The van der Waals surface area contributed by atoms with Gasteiger partial charge in [0.05, 0.1) is 23.6 Å². The molecular weight excluding hydrogens is 463 g/mol. The summed E-state index contributed by atoms with van der Waals surface area (Å²) < 4.78 is 16.7. The summed E-state index contributed by atoms with van der Waals surface area (Å²) in [6.45, 7) is 5.53. The van der Waals surface area contributed by atoms with Crippen molar-refractivity contribution in [2.24, 2.45) is 5.16 Å². The molecule has 1 atom stereocenters. The Bertz CT molecular complexity index is 1520. The standard InChI is InChI=1S/C26H25FN6O3/c1-15-10-19(6-9-23(15)32-12-16(2)29-14-32)24(30-35)22-11-20(25(28)31-36)13-33(26(22)34)17(3)18-4-7-21(27)8-5-18/h4-14,17,35-36H,1-3H3,(H2,28,31)/b30-24+/t17-/m0/s1. The van der Waals surface area contributed by atoms with Crippen LogP contribution in [0.5, 0.6) is 0 Å². The molecule has 0 amide bonds. The Labute approximate surface area is 206 Å². The molecule has 184 valence electrons. The first-order valence-electron chi connectivity index (χ1n) is 11.1. The molecule has 0 radical (unpaired) electrons. The van der Waals surface area contributed by atoms with Crippen LogP contribution in [0.25, 0.3) is 5.69 Å². The molecule has 0 saturated carbocycles. The predicted octanol–water partition coefficient (Wildman–Crippen LogP) is 3.93. The lowest BCUT2D eigenvalue weighted by atomic mass is 9.98. The Hall–Kier alpha value is -4.57. The second-order valence-electron chi connectivity index (χ2n) is 8.44. The van der Waals surface area contributed by atoms with Crippen LogP contribution in [0.15, 0.2) is 77.2 Å². The Morgan fingerprint density at radius 2 is 1.83 bits per heavy atom. The average Bonchev–Trinajstić information content (AvgIpc) is 3.31. The highest BCUT2D eigenvalue weighted by Crippen LogP contribution is 2.21. The summed E-state index contributed by atoms with van der Waals surface area (Å²) in [4.78, 5) is 17.8. The van der Waals surface area contributed by atoms with Crippen LogP contribution in [-0.4, -0.2) is 36.1 Å². The number of rotatable bonds is 6. The molecule has 4 aromatic rings. The van der Waals surface area contributed by atoms with Crippen molar-refractivity contribution in [3.8, 4) is 5.69 Å². The van der Waals surface area contributed by atoms with Gasteiger partial charge in [0.15, 0.2) is 5.84 Å². The van der Waals surface area contributed by atoms with Gasteiger partial charge in [0.2, 0.25) is 0 Å². The van der Waals surface area contributed by atoms with Gasteiger partial charge < -0.3 is 14.3 Å². The van der Waals surface area contributed by atoms with Crippen LogP contribution in [0.1, 0.15) is 46.5 Å². The molecule has 2 heterocycles. The first kappa shape index (κ1) is 24.6. The van der Waals surface area contributed by atoms with Crippen LogP contribution in [0, 0.1) is 25.1 Å². The molecule has 0 fully saturated rings. The highest BCUT2D eigenvalue weighted by Gasteiger charge is 2.21. The van der Waals surface area contributed by atoms with E-state index in [-0.39, 0.29) is 22.7 Å². The summed E-state index contributed by atoms with van der Waals surface area (Å²) in [5.74, 6) is -0.756. The molecule has 9 nitrogen and oxygen atoms in total. The van der Waals surface area contributed by atoms with Gasteiger partial charge in [0, 0.05) is 29.2 Å². The lowest BCUT2D eigenvalue weighted by molar-refractivity contribution is 0.234. The number of benzene rings is 2. The number of hydroxylamine groups is 1. The number of nitrogens with zero attached hydrogens (tertiary/aromatic N) is 4. The van der Waals surface area contributed by atoms with Gasteiger partial charge in [-0.1, -0.05) is 23.4 Å². The second-order valence-corrected chi connectivity index (χ2v) is 8.44. The molecule has 36 heavy (non-hydrogen) atoms. The van der Waals surface area contributed by atoms with Crippen LogP contribution in [0.2, 0.25) is 0 Å². The van der Waals surface area contributed by atoms with Crippen molar-refractivity contribution in [2.45, 2.75) is 26.8 Å². The van der Waals surface area contributed by atoms with E-state index in [0.29, 0.717) is 11.1 Å². The fourth-order valence-corrected chi connectivity index (χ4v) is 4.08. The minimum absolute atomic E-state index is 0.00380. The Balaban J connectivity index is 1.84. The summed E-state index contributed by atoms with van der Waals surface area (Å²) in [5, 5.41) is 30.8. The van der Waals surface area contributed by atoms with Crippen molar-refractivity contribution in [1.29, 1.82) is 5.41 Å². The minimum Gasteiger partial charge on any atom is -0.410 e. The fraction of sp³-hybridized carbons (Fsp3) is 0.154. The molecule has 0 spiro atoms. The molecule has 0 bridgehead atoms. The molecular formula is C26H25FN6O3. The molecule has 2 aromatic heterocycles. The Kier molecular flexibility index (Phi) is 6.80. The van der Waals surface area contributed by atoms with Crippen molar-refractivity contribution < 1.29 is 14.8 Å². The van der Waals surface area contributed by atoms with Gasteiger partial charge in [-0.05, 0) is 62.2 Å². The number of hydrogen-bond donors (Lipinski definition) is 4. The van der Waals surface area contributed by atoms with E-state index in [1.54, 1.807) is 43.0 Å². The van der Waals surface area contributed by atoms with E-state index in [9.17, 15) is 19.6 Å². The Morgan fingerprint density at radius 1 is 1.11 bits per heavy atom. The van der Waals surface area contributed by atoms with Crippen molar-refractivity contribution in [3.05, 3.63) is 117 Å². The van der Waals surface area contributed by atoms with E-state index < -0.39 is 17.4 Å². The lowest BCUT2D eigenvalue weighted by Gasteiger charge is -2.19.